The zero-order chi connectivity index (χ0) is 9.97. The number of hydrogen-bond acceptors (Lipinski definition) is 3. The molecule has 80 valence electrons. The molecule has 0 bridgehead atoms. The number of rotatable bonds is 2. The summed E-state index contributed by atoms with van der Waals surface area (Å²) in [5, 5.41) is 0.256. The normalized spacial score (nSPS) is 32.5. The van der Waals surface area contributed by atoms with Crippen molar-refractivity contribution < 1.29 is 4.79 Å². The van der Waals surface area contributed by atoms with Crippen LogP contribution < -0.4 is 5.73 Å². The van der Waals surface area contributed by atoms with E-state index in [0.29, 0.717) is 11.8 Å². The molecule has 2 N–H and O–H groups in total. The molecule has 14 heavy (non-hydrogen) atoms. The summed E-state index contributed by atoms with van der Waals surface area (Å²) in [4.78, 5) is 14.0. The second kappa shape index (κ2) is 4.53. The third kappa shape index (κ3) is 2.06. The molecule has 2 aliphatic heterocycles. The molecule has 4 heteroatoms. The molecule has 0 aromatic carbocycles. The minimum atomic E-state index is 0.256. The number of amides is 1. The van der Waals surface area contributed by atoms with E-state index in [1.807, 2.05) is 16.7 Å². The van der Waals surface area contributed by atoms with Gasteiger partial charge in [0.2, 0.25) is 5.91 Å². The van der Waals surface area contributed by atoms with Crippen LogP contribution in [0.4, 0.5) is 0 Å². The molecule has 2 saturated heterocycles. The van der Waals surface area contributed by atoms with Crippen LogP contribution in [0.15, 0.2) is 0 Å². The Hall–Kier alpha value is -0.220. The summed E-state index contributed by atoms with van der Waals surface area (Å²) in [5.74, 6) is 2.07. The lowest BCUT2D eigenvalue weighted by Gasteiger charge is -2.19. The molecular weight excluding hydrogens is 196 g/mol. The van der Waals surface area contributed by atoms with Crippen LogP contribution in [0, 0.1) is 5.92 Å². The van der Waals surface area contributed by atoms with Gasteiger partial charge >= 0.3 is 0 Å². The summed E-state index contributed by atoms with van der Waals surface area (Å²) in [6.07, 6.45) is 3.38. The zero-order valence-electron chi connectivity index (χ0n) is 8.45. The largest absolute Gasteiger partial charge is 0.341 e. The second-order valence-electron chi connectivity index (χ2n) is 4.18. The predicted molar refractivity (Wildman–Crippen MR) is 59.2 cm³/mol. The summed E-state index contributed by atoms with van der Waals surface area (Å²) in [6, 6.07) is 0. The smallest absolute Gasteiger partial charge is 0.235 e. The van der Waals surface area contributed by atoms with Crippen molar-refractivity contribution in [2.45, 2.75) is 24.5 Å². The van der Waals surface area contributed by atoms with Crippen molar-refractivity contribution in [3.05, 3.63) is 0 Å². The maximum absolute atomic E-state index is 12.0. The van der Waals surface area contributed by atoms with E-state index in [4.69, 9.17) is 5.73 Å². The van der Waals surface area contributed by atoms with Gasteiger partial charge in [0.25, 0.3) is 0 Å². The molecule has 0 spiro atoms. The minimum Gasteiger partial charge on any atom is -0.341 e. The number of hydrogen-bond donors (Lipinski definition) is 1. The van der Waals surface area contributed by atoms with Crippen LogP contribution in [0.5, 0.6) is 0 Å². The van der Waals surface area contributed by atoms with Gasteiger partial charge in [-0.1, -0.05) is 0 Å². The van der Waals surface area contributed by atoms with Crippen molar-refractivity contribution in [2.75, 3.05) is 25.4 Å². The van der Waals surface area contributed by atoms with Gasteiger partial charge in [-0.25, -0.2) is 0 Å². The summed E-state index contributed by atoms with van der Waals surface area (Å²) in [6.45, 7) is 2.55. The Morgan fingerprint density at radius 2 is 2.36 bits per heavy atom. The summed E-state index contributed by atoms with van der Waals surface area (Å²) < 4.78 is 0. The van der Waals surface area contributed by atoms with E-state index >= 15 is 0 Å². The van der Waals surface area contributed by atoms with Gasteiger partial charge in [0.1, 0.15) is 0 Å². The monoisotopic (exact) mass is 214 g/mol. The van der Waals surface area contributed by atoms with Gasteiger partial charge in [-0.3, -0.25) is 4.79 Å². The summed E-state index contributed by atoms with van der Waals surface area (Å²) >= 11 is 1.82. The number of nitrogens with zero attached hydrogens (tertiary/aromatic N) is 1. The Balaban J connectivity index is 1.86. The number of likely N-dealkylation sites (tertiary alicyclic amines) is 1. The van der Waals surface area contributed by atoms with E-state index in [1.54, 1.807) is 0 Å². The first-order valence-electron chi connectivity index (χ1n) is 5.41. The SMILES string of the molecule is NCC1CCN(C(=O)C2CCCS2)C1. The molecule has 2 unspecified atom stereocenters. The molecule has 0 aliphatic carbocycles. The first-order valence-corrected chi connectivity index (χ1v) is 6.46. The molecule has 0 saturated carbocycles. The van der Waals surface area contributed by atoms with Gasteiger partial charge < -0.3 is 10.6 Å². The Morgan fingerprint density at radius 3 is 2.93 bits per heavy atom. The summed E-state index contributed by atoms with van der Waals surface area (Å²) in [7, 11) is 0. The Kier molecular flexibility index (Phi) is 3.34. The molecular formula is C10H18N2OS. The highest BCUT2D eigenvalue weighted by Gasteiger charge is 2.31. The molecule has 2 fully saturated rings. The fourth-order valence-corrected chi connectivity index (χ4v) is 3.44. The molecule has 3 nitrogen and oxygen atoms in total. The molecule has 2 atom stereocenters. The lowest BCUT2D eigenvalue weighted by molar-refractivity contribution is -0.129. The van der Waals surface area contributed by atoms with E-state index in [-0.39, 0.29) is 5.25 Å². The van der Waals surface area contributed by atoms with Crippen molar-refractivity contribution >= 4 is 17.7 Å². The van der Waals surface area contributed by atoms with Crippen LogP contribution in [0.3, 0.4) is 0 Å². The quantitative estimate of drug-likeness (QED) is 0.735. The highest BCUT2D eigenvalue weighted by Crippen LogP contribution is 2.29. The maximum atomic E-state index is 12.0. The van der Waals surface area contributed by atoms with E-state index in [0.717, 1.165) is 38.2 Å². The van der Waals surface area contributed by atoms with Crippen molar-refractivity contribution in [3.8, 4) is 0 Å². The molecule has 1 amide bonds. The van der Waals surface area contributed by atoms with Crippen molar-refractivity contribution in [1.82, 2.24) is 4.90 Å². The van der Waals surface area contributed by atoms with E-state index in [1.165, 1.54) is 6.42 Å². The van der Waals surface area contributed by atoms with Crippen LogP contribution in [-0.2, 0) is 4.79 Å². The van der Waals surface area contributed by atoms with Crippen LogP contribution in [0.25, 0.3) is 0 Å². The topological polar surface area (TPSA) is 46.3 Å². The lowest BCUT2D eigenvalue weighted by atomic mass is 10.1. The fourth-order valence-electron chi connectivity index (χ4n) is 2.20. The predicted octanol–water partition coefficient (Wildman–Crippen LogP) is 0.689. The average Bonchev–Trinajstić information content (AvgIpc) is 2.88. The van der Waals surface area contributed by atoms with Crippen molar-refractivity contribution in [1.29, 1.82) is 0 Å². The molecule has 2 rings (SSSR count). The van der Waals surface area contributed by atoms with Crippen molar-refractivity contribution in [3.63, 3.8) is 0 Å². The third-order valence-corrected chi connectivity index (χ3v) is 4.50. The number of thioether (sulfide) groups is 1. The molecule has 0 aromatic heterocycles. The first-order chi connectivity index (χ1) is 6.81. The minimum absolute atomic E-state index is 0.256. The van der Waals surface area contributed by atoms with Crippen molar-refractivity contribution in [2.24, 2.45) is 11.7 Å². The summed E-state index contributed by atoms with van der Waals surface area (Å²) in [5.41, 5.74) is 5.61. The Bertz CT molecular complexity index is 216. The Labute approximate surface area is 89.4 Å². The molecule has 0 radical (unpaired) electrons. The van der Waals surface area contributed by atoms with E-state index in [9.17, 15) is 4.79 Å². The van der Waals surface area contributed by atoms with Crippen LogP contribution in [0.1, 0.15) is 19.3 Å². The molecule has 0 aromatic rings. The van der Waals surface area contributed by atoms with E-state index < -0.39 is 0 Å². The highest BCUT2D eigenvalue weighted by atomic mass is 32.2. The second-order valence-corrected chi connectivity index (χ2v) is 5.49. The number of carbonyl (C=O) groups excluding carboxylic acids is 1. The highest BCUT2D eigenvalue weighted by molar-refractivity contribution is 8.00. The van der Waals surface area contributed by atoms with E-state index in [2.05, 4.69) is 0 Å². The van der Waals surface area contributed by atoms with Crippen LogP contribution >= 0.6 is 11.8 Å². The van der Waals surface area contributed by atoms with Gasteiger partial charge in [-0.05, 0) is 37.5 Å². The van der Waals surface area contributed by atoms with Gasteiger partial charge in [0.05, 0.1) is 5.25 Å². The van der Waals surface area contributed by atoms with Crippen LogP contribution in [0.2, 0.25) is 0 Å². The van der Waals surface area contributed by atoms with Crippen LogP contribution in [-0.4, -0.2) is 41.4 Å². The molecule has 2 aliphatic rings. The fraction of sp³-hybridized carbons (Fsp3) is 0.900. The number of carbonyl (C=O) groups is 1. The average molecular weight is 214 g/mol. The third-order valence-electron chi connectivity index (χ3n) is 3.14. The van der Waals surface area contributed by atoms with Gasteiger partial charge in [-0.15, -0.1) is 11.8 Å². The van der Waals surface area contributed by atoms with Gasteiger partial charge in [-0.2, -0.15) is 0 Å². The lowest BCUT2D eigenvalue weighted by Crippen LogP contribution is -2.35. The van der Waals surface area contributed by atoms with Gasteiger partial charge in [0, 0.05) is 13.1 Å². The van der Waals surface area contributed by atoms with Gasteiger partial charge in [0.15, 0.2) is 0 Å². The standard InChI is InChI=1S/C10H18N2OS/c11-6-8-3-4-12(7-8)10(13)9-2-1-5-14-9/h8-9H,1-7,11H2. The zero-order valence-corrected chi connectivity index (χ0v) is 9.26. The number of nitrogens with two attached hydrogens (primary N) is 1. The first kappa shape index (κ1) is 10.3. The maximum Gasteiger partial charge on any atom is 0.235 e. The Morgan fingerprint density at radius 1 is 1.50 bits per heavy atom. The molecule has 2 heterocycles.